The van der Waals surface area contributed by atoms with Crippen molar-refractivity contribution < 1.29 is 23.8 Å². The maximum Gasteiger partial charge on any atom is 0.303 e. The van der Waals surface area contributed by atoms with Crippen molar-refractivity contribution in [2.45, 2.75) is 19.4 Å². The van der Waals surface area contributed by atoms with Gasteiger partial charge in [-0.2, -0.15) is 0 Å². The van der Waals surface area contributed by atoms with E-state index in [-0.39, 0.29) is 30.8 Å². The van der Waals surface area contributed by atoms with Gasteiger partial charge in [0.1, 0.15) is 0 Å². The van der Waals surface area contributed by atoms with Crippen molar-refractivity contribution in [3.8, 4) is 5.75 Å². The molecule has 2 aromatic carbocycles. The predicted molar refractivity (Wildman–Crippen MR) is 91.0 cm³/mol. The van der Waals surface area contributed by atoms with Gasteiger partial charge in [0.05, 0.1) is 12.7 Å². The van der Waals surface area contributed by atoms with E-state index >= 15 is 0 Å². The normalized spacial score (nSPS) is 10.3. The molecule has 1 N–H and O–H groups in total. The van der Waals surface area contributed by atoms with E-state index in [0.29, 0.717) is 6.42 Å². The highest BCUT2D eigenvalue weighted by Crippen LogP contribution is 2.22. The summed E-state index contributed by atoms with van der Waals surface area (Å²) in [5.74, 6) is -2.15. The van der Waals surface area contributed by atoms with Crippen molar-refractivity contribution in [2.75, 3.05) is 13.7 Å². The number of rotatable bonds is 8. The summed E-state index contributed by atoms with van der Waals surface area (Å²) in [7, 11) is 1.33. The molecule has 0 unspecified atom stereocenters. The minimum absolute atomic E-state index is 0.00366. The molecule has 0 bridgehead atoms. The number of benzene rings is 2. The van der Waals surface area contributed by atoms with E-state index < -0.39 is 17.7 Å². The second-order valence-electron chi connectivity index (χ2n) is 5.53. The van der Waals surface area contributed by atoms with Gasteiger partial charge in [-0.15, -0.1) is 0 Å². The second kappa shape index (κ2) is 8.82. The molecule has 0 radical (unpaired) electrons. The van der Waals surface area contributed by atoms with Gasteiger partial charge >= 0.3 is 5.97 Å². The number of carboxylic acid groups (broad SMARTS) is 1. The quantitative estimate of drug-likeness (QED) is 0.797. The third kappa shape index (κ3) is 5.04. The van der Waals surface area contributed by atoms with Crippen LogP contribution < -0.4 is 4.74 Å². The Morgan fingerprint density at radius 3 is 2.48 bits per heavy atom. The molecule has 0 spiro atoms. The summed E-state index contributed by atoms with van der Waals surface area (Å²) in [4.78, 5) is 25.0. The fraction of sp³-hybridized carbons (Fsp3) is 0.263. The van der Waals surface area contributed by atoms with E-state index in [2.05, 4.69) is 0 Å². The molecular formula is C19H20FNO4. The van der Waals surface area contributed by atoms with Gasteiger partial charge in [-0.05, 0) is 24.1 Å². The van der Waals surface area contributed by atoms with Crippen LogP contribution in [0.25, 0.3) is 0 Å². The highest BCUT2D eigenvalue weighted by atomic mass is 19.1. The number of halogens is 1. The van der Waals surface area contributed by atoms with Gasteiger partial charge in [0, 0.05) is 19.5 Å². The first-order valence-electron chi connectivity index (χ1n) is 7.90. The van der Waals surface area contributed by atoms with Gasteiger partial charge in [0.25, 0.3) is 5.91 Å². The maximum atomic E-state index is 14.4. The monoisotopic (exact) mass is 345 g/mol. The van der Waals surface area contributed by atoms with Crippen molar-refractivity contribution in [2.24, 2.45) is 0 Å². The number of carbonyl (C=O) groups is 2. The molecule has 2 aromatic rings. The van der Waals surface area contributed by atoms with E-state index in [9.17, 15) is 14.0 Å². The van der Waals surface area contributed by atoms with Crippen LogP contribution in [0.2, 0.25) is 0 Å². The Hall–Kier alpha value is -2.89. The molecule has 25 heavy (non-hydrogen) atoms. The molecule has 0 heterocycles. The number of aliphatic carboxylic acids is 1. The Morgan fingerprint density at radius 2 is 1.84 bits per heavy atom. The average molecular weight is 345 g/mol. The topological polar surface area (TPSA) is 66.8 Å². The molecule has 0 aliphatic carbocycles. The van der Waals surface area contributed by atoms with E-state index in [1.807, 2.05) is 30.3 Å². The number of hydrogen-bond acceptors (Lipinski definition) is 3. The van der Waals surface area contributed by atoms with Crippen LogP contribution in [-0.4, -0.2) is 35.5 Å². The van der Waals surface area contributed by atoms with Crippen LogP contribution in [0.1, 0.15) is 28.8 Å². The molecule has 5 nitrogen and oxygen atoms in total. The summed E-state index contributed by atoms with van der Waals surface area (Å²) in [5, 5.41) is 8.80. The average Bonchev–Trinajstić information content (AvgIpc) is 2.61. The number of carboxylic acids is 1. The lowest BCUT2D eigenvalue weighted by Gasteiger charge is -2.23. The molecule has 0 saturated carbocycles. The fourth-order valence-corrected chi connectivity index (χ4v) is 2.48. The molecule has 0 aliphatic heterocycles. The number of carbonyl (C=O) groups excluding carboxylic acids is 1. The zero-order chi connectivity index (χ0) is 18.2. The van der Waals surface area contributed by atoms with Crippen LogP contribution in [-0.2, 0) is 11.3 Å². The molecule has 0 fully saturated rings. The smallest absolute Gasteiger partial charge is 0.303 e. The lowest BCUT2D eigenvalue weighted by Crippen LogP contribution is -2.32. The summed E-state index contributed by atoms with van der Waals surface area (Å²) in [5.41, 5.74) is 0.792. The Bertz CT molecular complexity index is 733. The number of amides is 1. The number of ether oxygens (including phenoxy) is 1. The first kappa shape index (κ1) is 18.4. The van der Waals surface area contributed by atoms with Gasteiger partial charge in [-0.1, -0.05) is 36.4 Å². The third-order valence-electron chi connectivity index (χ3n) is 3.74. The summed E-state index contributed by atoms with van der Waals surface area (Å²) < 4.78 is 19.3. The lowest BCUT2D eigenvalue weighted by molar-refractivity contribution is -0.137. The first-order valence-corrected chi connectivity index (χ1v) is 7.90. The summed E-state index contributed by atoms with van der Waals surface area (Å²) in [6.45, 7) is 0.493. The molecule has 0 aromatic heterocycles. The number of nitrogens with zero attached hydrogens (tertiary/aromatic N) is 1. The van der Waals surface area contributed by atoms with Crippen molar-refractivity contribution in [1.82, 2.24) is 4.90 Å². The first-order chi connectivity index (χ1) is 12.0. The van der Waals surface area contributed by atoms with Crippen molar-refractivity contribution in [1.29, 1.82) is 0 Å². The molecule has 2 rings (SSSR count). The summed E-state index contributed by atoms with van der Waals surface area (Å²) in [6, 6.07) is 13.7. The summed E-state index contributed by atoms with van der Waals surface area (Å²) >= 11 is 0. The molecule has 0 saturated heterocycles. The Kier molecular flexibility index (Phi) is 6.51. The Morgan fingerprint density at radius 1 is 1.12 bits per heavy atom. The van der Waals surface area contributed by atoms with Crippen molar-refractivity contribution in [3.63, 3.8) is 0 Å². The molecule has 132 valence electrons. The van der Waals surface area contributed by atoms with E-state index in [0.717, 1.165) is 5.56 Å². The Balaban J connectivity index is 2.23. The van der Waals surface area contributed by atoms with Crippen LogP contribution in [0.4, 0.5) is 4.39 Å². The SMILES string of the molecule is COc1cccc(C(=O)N(CCCC(=O)O)Cc2ccccc2)c1F. The predicted octanol–water partition coefficient (Wildman–Crippen LogP) is 3.34. The van der Waals surface area contributed by atoms with Crippen molar-refractivity contribution in [3.05, 3.63) is 65.5 Å². The Labute approximate surface area is 145 Å². The zero-order valence-electron chi connectivity index (χ0n) is 13.9. The summed E-state index contributed by atoms with van der Waals surface area (Å²) in [6.07, 6.45) is 0.235. The second-order valence-corrected chi connectivity index (χ2v) is 5.53. The lowest BCUT2D eigenvalue weighted by atomic mass is 10.1. The van der Waals surface area contributed by atoms with E-state index in [4.69, 9.17) is 9.84 Å². The minimum Gasteiger partial charge on any atom is -0.494 e. The van der Waals surface area contributed by atoms with Gasteiger partial charge < -0.3 is 14.7 Å². The van der Waals surface area contributed by atoms with Gasteiger partial charge in [-0.3, -0.25) is 9.59 Å². The van der Waals surface area contributed by atoms with Gasteiger partial charge in [0.15, 0.2) is 11.6 Å². The standard InChI is InChI=1S/C19H20FNO4/c1-25-16-10-5-9-15(18(16)20)19(24)21(12-6-11-17(22)23)13-14-7-3-2-4-8-14/h2-5,7-10H,6,11-13H2,1H3,(H,22,23). The van der Waals surface area contributed by atoms with Crippen molar-refractivity contribution >= 4 is 11.9 Å². The molecule has 0 atom stereocenters. The van der Waals surface area contributed by atoms with Crippen LogP contribution >= 0.6 is 0 Å². The highest BCUT2D eigenvalue weighted by molar-refractivity contribution is 5.95. The highest BCUT2D eigenvalue weighted by Gasteiger charge is 2.21. The molecule has 6 heteroatoms. The van der Waals surface area contributed by atoms with Crippen LogP contribution in [0.5, 0.6) is 5.75 Å². The minimum atomic E-state index is -0.931. The van der Waals surface area contributed by atoms with Gasteiger partial charge in [-0.25, -0.2) is 4.39 Å². The maximum absolute atomic E-state index is 14.4. The van der Waals surface area contributed by atoms with Crippen LogP contribution in [0.3, 0.4) is 0 Å². The zero-order valence-corrected chi connectivity index (χ0v) is 13.9. The molecule has 0 aliphatic rings. The largest absolute Gasteiger partial charge is 0.494 e. The molecular weight excluding hydrogens is 325 g/mol. The molecule has 1 amide bonds. The van der Waals surface area contributed by atoms with E-state index in [1.54, 1.807) is 6.07 Å². The fourth-order valence-electron chi connectivity index (χ4n) is 2.48. The van der Waals surface area contributed by atoms with Crippen LogP contribution in [0.15, 0.2) is 48.5 Å². The van der Waals surface area contributed by atoms with E-state index in [1.165, 1.54) is 24.1 Å². The van der Waals surface area contributed by atoms with Gasteiger partial charge in [0.2, 0.25) is 0 Å². The third-order valence-corrected chi connectivity index (χ3v) is 3.74. The number of methoxy groups -OCH3 is 1. The number of hydrogen-bond donors (Lipinski definition) is 1. The van der Waals surface area contributed by atoms with Crippen LogP contribution in [0, 0.1) is 5.82 Å².